The Morgan fingerprint density at radius 3 is 2.73 bits per heavy atom. The van der Waals surface area contributed by atoms with E-state index < -0.39 is 17.1 Å². The molecule has 2 aromatic heterocycles. The number of Topliss-reactive ketones (excluding diaryl/α,β-unsaturated/α-hetero) is 1. The van der Waals surface area contributed by atoms with Gasteiger partial charge >= 0.3 is 0 Å². The number of ether oxygens (including phenoxy) is 2. The second-order valence-electron chi connectivity index (χ2n) is 8.40. The van der Waals surface area contributed by atoms with E-state index in [9.17, 15) is 10.0 Å². The predicted molar refractivity (Wildman–Crippen MR) is 108 cm³/mol. The van der Waals surface area contributed by atoms with E-state index >= 15 is 0 Å². The first-order chi connectivity index (χ1) is 14.5. The van der Waals surface area contributed by atoms with Gasteiger partial charge in [0.05, 0.1) is 30.9 Å². The molecule has 1 aliphatic heterocycles. The Morgan fingerprint density at radius 1 is 1.23 bits per heavy atom. The van der Waals surface area contributed by atoms with Gasteiger partial charge in [-0.15, -0.1) is 0 Å². The highest BCUT2D eigenvalue weighted by molar-refractivity contribution is 6.29. The van der Waals surface area contributed by atoms with Gasteiger partial charge in [0.15, 0.2) is 17.2 Å². The molecule has 3 fully saturated rings. The van der Waals surface area contributed by atoms with Crippen LogP contribution in [0.25, 0.3) is 11.2 Å². The molecule has 30 heavy (non-hydrogen) atoms. The highest BCUT2D eigenvalue weighted by Gasteiger charge is 2.63. The van der Waals surface area contributed by atoms with E-state index in [4.69, 9.17) is 21.1 Å². The second kappa shape index (κ2) is 7.25. The van der Waals surface area contributed by atoms with Gasteiger partial charge in [0.2, 0.25) is 5.28 Å². The van der Waals surface area contributed by atoms with Crippen LogP contribution in [-0.4, -0.2) is 55.2 Å². The van der Waals surface area contributed by atoms with Crippen molar-refractivity contribution in [3.63, 3.8) is 0 Å². The summed E-state index contributed by atoms with van der Waals surface area (Å²) in [5, 5.41) is 13.5. The number of fused-ring (bicyclic) bond motifs is 2. The molecule has 5 rings (SSSR count). The SMILES string of the molecule is Cn1cnc2c(/C(=N\O)C3CCC[C@@]4(CCCCC45OCCO5)C3=O)nc(Cl)nc21. The van der Waals surface area contributed by atoms with Crippen LogP contribution in [0.5, 0.6) is 0 Å². The van der Waals surface area contributed by atoms with Gasteiger partial charge in [-0.25, -0.2) is 9.97 Å². The zero-order valence-electron chi connectivity index (χ0n) is 16.8. The molecule has 1 saturated heterocycles. The van der Waals surface area contributed by atoms with Crippen LogP contribution < -0.4 is 0 Å². The Kier molecular flexibility index (Phi) is 4.79. The van der Waals surface area contributed by atoms with Crippen molar-refractivity contribution in [1.82, 2.24) is 19.5 Å². The number of imidazole rings is 1. The number of aryl methyl sites for hydroxylation is 1. The third kappa shape index (κ3) is 2.72. The number of hydrogen-bond acceptors (Lipinski definition) is 8. The number of halogens is 1. The van der Waals surface area contributed by atoms with Gasteiger partial charge in [0.1, 0.15) is 16.9 Å². The topological polar surface area (TPSA) is 112 Å². The first-order valence-corrected chi connectivity index (χ1v) is 10.8. The van der Waals surface area contributed by atoms with Crippen LogP contribution in [-0.2, 0) is 21.3 Å². The summed E-state index contributed by atoms with van der Waals surface area (Å²) >= 11 is 6.14. The molecule has 10 heteroatoms. The van der Waals surface area contributed by atoms with Crippen molar-refractivity contribution in [2.45, 2.75) is 50.7 Å². The molecule has 0 aromatic carbocycles. The number of aromatic nitrogens is 4. The molecular weight excluding hydrogens is 410 g/mol. The number of nitrogens with zero attached hydrogens (tertiary/aromatic N) is 5. The predicted octanol–water partition coefficient (Wildman–Crippen LogP) is 2.87. The minimum Gasteiger partial charge on any atom is -0.411 e. The fourth-order valence-corrected chi connectivity index (χ4v) is 5.78. The van der Waals surface area contributed by atoms with Crippen LogP contribution in [0, 0.1) is 11.3 Å². The minimum atomic E-state index is -0.870. The summed E-state index contributed by atoms with van der Waals surface area (Å²) in [4.78, 5) is 26.9. The monoisotopic (exact) mass is 433 g/mol. The normalized spacial score (nSPS) is 29.3. The number of oxime groups is 1. The van der Waals surface area contributed by atoms with E-state index in [0.717, 1.165) is 19.3 Å². The van der Waals surface area contributed by atoms with Crippen molar-refractivity contribution < 1.29 is 19.5 Å². The average molecular weight is 434 g/mol. The molecule has 2 aromatic rings. The summed E-state index contributed by atoms with van der Waals surface area (Å²) in [7, 11) is 1.79. The molecule has 2 saturated carbocycles. The van der Waals surface area contributed by atoms with E-state index in [-0.39, 0.29) is 16.8 Å². The molecule has 0 amide bonds. The molecular formula is C20H24ClN5O4. The smallest absolute Gasteiger partial charge is 0.225 e. The van der Waals surface area contributed by atoms with Crippen molar-refractivity contribution >= 4 is 34.3 Å². The first kappa shape index (κ1) is 19.8. The van der Waals surface area contributed by atoms with Crippen LogP contribution in [0.4, 0.5) is 0 Å². The quantitative estimate of drug-likeness (QED) is 0.335. The van der Waals surface area contributed by atoms with Gasteiger partial charge in [0, 0.05) is 13.5 Å². The fraction of sp³-hybridized carbons (Fsp3) is 0.650. The van der Waals surface area contributed by atoms with Gasteiger partial charge in [-0.05, 0) is 37.3 Å². The van der Waals surface area contributed by atoms with Crippen molar-refractivity contribution in [3.8, 4) is 0 Å². The third-order valence-electron chi connectivity index (χ3n) is 6.94. The third-order valence-corrected chi connectivity index (χ3v) is 7.11. The number of hydrogen-bond donors (Lipinski definition) is 1. The first-order valence-electron chi connectivity index (χ1n) is 10.4. The van der Waals surface area contributed by atoms with Crippen LogP contribution in [0.3, 0.4) is 0 Å². The molecule has 0 radical (unpaired) electrons. The molecule has 9 nitrogen and oxygen atoms in total. The molecule has 2 spiro atoms. The van der Waals surface area contributed by atoms with Crippen molar-refractivity contribution in [3.05, 3.63) is 17.3 Å². The Morgan fingerprint density at radius 2 is 1.97 bits per heavy atom. The van der Waals surface area contributed by atoms with Crippen LogP contribution in [0.15, 0.2) is 11.5 Å². The summed E-state index contributed by atoms with van der Waals surface area (Å²) in [5.41, 5.74) is 0.711. The maximum atomic E-state index is 14.0. The van der Waals surface area contributed by atoms with Crippen molar-refractivity contribution in [2.24, 2.45) is 23.5 Å². The summed E-state index contributed by atoms with van der Waals surface area (Å²) in [6.07, 6.45) is 7.00. The van der Waals surface area contributed by atoms with E-state index in [0.29, 0.717) is 55.8 Å². The zero-order chi connectivity index (χ0) is 20.9. The summed E-state index contributed by atoms with van der Waals surface area (Å²) in [6, 6.07) is 0. The van der Waals surface area contributed by atoms with Crippen molar-refractivity contribution in [2.75, 3.05) is 13.2 Å². The van der Waals surface area contributed by atoms with Crippen LogP contribution in [0.1, 0.15) is 50.6 Å². The number of rotatable bonds is 2. The maximum absolute atomic E-state index is 14.0. The maximum Gasteiger partial charge on any atom is 0.225 e. The van der Waals surface area contributed by atoms with Gasteiger partial charge in [-0.1, -0.05) is 18.0 Å². The Hall–Kier alpha value is -2.10. The van der Waals surface area contributed by atoms with Gasteiger partial charge in [-0.2, -0.15) is 4.98 Å². The summed E-state index contributed by atoms with van der Waals surface area (Å²) in [5.74, 6) is -1.50. The average Bonchev–Trinajstić information content (AvgIpc) is 3.36. The standard InChI is InChI=1S/C20H24ClN5O4/c1-26-11-22-15-14(23-18(21)24-17(15)26)13(25-28)12-5-4-7-19(16(12)27)6-2-3-8-20(19)29-9-10-30-20/h11-12,28H,2-10H2,1H3/b25-13-/t12?,19-/m0/s1. The Labute approximate surface area is 178 Å². The molecule has 1 unspecified atom stereocenters. The number of carbonyl (C=O) groups is 1. The van der Waals surface area contributed by atoms with E-state index in [1.807, 2.05) is 0 Å². The van der Waals surface area contributed by atoms with Crippen molar-refractivity contribution in [1.29, 1.82) is 0 Å². The number of ketones is 1. The summed E-state index contributed by atoms with van der Waals surface area (Å²) < 4.78 is 13.9. The molecule has 3 heterocycles. The van der Waals surface area contributed by atoms with Crippen LogP contribution in [0.2, 0.25) is 5.28 Å². The molecule has 2 aliphatic carbocycles. The van der Waals surface area contributed by atoms with Crippen LogP contribution >= 0.6 is 11.6 Å². The van der Waals surface area contributed by atoms with E-state index in [1.165, 1.54) is 0 Å². The second-order valence-corrected chi connectivity index (χ2v) is 8.74. The Balaban J connectivity index is 1.59. The lowest BCUT2D eigenvalue weighted by Gasteiger charge is -2.52. The molecule has 0 bridgehead atoms. The molecule has 160 valence electrons. The lowest BCUT2D eigenvalue weighted by Crippen LogP contribution is -2.60. The van der Waals surface area contributed by atoms with E-state index in [2.05, 4.69) is 20.1 Å². The minimum absolute atomic E-state index is 0.00182. The van der Waals surface area contributed by atoms with Gasteiger partial charge in [0.25, 0.3) is 0 Å². The Bertz CT molecular complexity index is 1030. The zero-order valence-corrected chi connectivity index (χ0v) is 17.6. The molecule has 2 atom stereocenters. The fourth-order valence-electron chi connectivity index (χ4n) is 5.61. The molecule has 1 N–H and O–H groups in total. The lowest BCUT2D eigenvalue weighted by molar-refractivity contribution is -0.255. The highest BCUT2D eigenvalue weighted by Crippen LogP contribution is 2.56. The summed E-state index contributed by atoms with van der Waals surface area (Å²) in [6.45, 7) is 0.993. The number of carbonyl (C=O) groups excluding carboxylic acids is 1. The van der Waals surface area contributed by atoms with Gasteiger partial charge < -0.3 is 19.2 Å². The lowest BCUT2D eigenvalue weighted by atomic mass is 9.57. The molecule has 3 aliphatic rings. The van der Waals surface area contributed by atoms with E-state index in [1.54, 1.807) is 17.9 Å². The highest BCUT2D eigenvalue weighted by atomic mass is 35.5. The van der Waals surface area contributed by atoms with Gasteiger partial charge in [-0.3, -0.25) is 4.79 Å². The largest absolute Gasteiger partial charge is 0.411 e.